The van der Waals surface area contributed by atoms with Gasteiger partial charge >= 0.3 is 0 Å². The molecule has 1 atom stereocenters. The van der Waals surface area contributed by atoms with Crippen LogP contribution in [-0.2, 0) is 11.3 Å². The average Bonchev–Trinajstić information content (AvgIpc) is 3.56. The van der Waals surface area contributed by atoms with Crippen LogP contribution < -0.4 is 4.74 Å². The van der Waals surface area contributed by atoms with Crippen molar-refractivity contribution in [2.45, 2.75) is 32.4 Å². The Morgan fingerprint density at radius 1 is 1.12 bits per heavy atom. The number of amides is 1. The number of piperazine rings is 1. The van der Waals surface area contributed by atoms with E-state index in [0.29, 0.717) is 49.3 Å². The highest BCUT2D eigenvalue weighted by Crippen LogP contribution is 2.20. The van der Waals surface area contributed by atoms with Crippen LogP contribution in [0.2, 0.25) is 0 Å². The summed E-state index contributed by atoms with van der Waals surface area (Å²) in [4.78, 5) is 21.7. The van der Waals surface area contributed by atoms with Crippen molar-refractivity contribution in [1.82, 2.24) is 19.9 Å². The van der Waals surface area contributed by atoms with Gasteiger partial charge in [0.1, 0.15) is 12.4 Å². The second-order valence-corrected chi connectivity index (χ2v) is 8.92. The number of benzene rings is 2. The van der Waals surface area contributed by atoms with Crippen LogP contribution in [0, 0.1) is 6.92 Å². The highest BCUT2D eigenvalue weighted by molar-refractivity contribution is 5.94. The maximum absolute atomic E-state index is 13.0. The minimum Gasteiger partial charge on any atom is -0.491 e. The third kappa shape index (κ3) is 5.46. The van der Waals surface area contributed by atoms with Crippen molar-refractivity contribution < 1.29 is 18.8 Å². The van der Waals surface area contributed by atoms with Crippen molar-refractivity contribution in [3.8, 4) is 17.1 Å². The molecule has 34 heavy (non-hydrogen) atoms. The van der Waals surface area contributed by atoms with Gasteiger partial charge in [-0.2, -0.15) is 4.98 Å². The van der Waals surface area contributed by atoms with Gasteiger partial charge in [-0.1, -0.05) is 41.1 Å². The van der Waals surface area contributed by atoms with Crippen molar-refractivity contribution in [2.75, 3.05) is 39.4 Å². The second kappa shape index (κ2) is 10.4. The van der Waals surface area contributed by atoms with Gasteiger partial charge in [-0.3, -0.25) is 9.69 Å². The van der Waals surface area contributed by atoms with Crippen LogP contribution in [0.5, 0.6) is 5.75 Å². The van der Waals surface area contributed by atoms with E-state index in [2.05, 4.69) is 15.0 Å². The summed E-state index contributed by atoms with van der Waals surface area (Å²) in [7, 11) is 0. The first-order valence-electron chi connectivity index (χ1n) is 11.9. The van der Waals surface area contributed by atoms with Crippen molar-refractivity contribution >= 4 is 5.91 Å². The molecular weight excluding hydrogens is 432 g/mol. The van der Waals surface area contributed by atoms with Crippen LogP contribution in [0.25, 0.3) is 11.4 Å². The molecular formula is C26H30N4O4. The molecule has 0 radical (unpaired) electrons. The maximum atomic E-state index is 13.0. The third-order valence-electron chi connectivity index (χ3n) is 6.34. The summed E-state index contributed by atoms with van der Waals surface area (Å²) < 4.78 is 16.9. The Morgan fingerprint density at radius 2 is 1.94 bits per heavy atom. The lowest BCUT2D eigenvalue weighted by molar-refractivity contribution is 0.0612. The van der Waals surface area contributed by atoms with E-state index in [1.165, 1.54) is 5.56 Å². The van der Waals surface area contributed by atoms with Crippen molar-refractivity contribution in [1.29, 1.82) is 0 Å². The molecule has 1 amide bonds. The summed E-state index contributed by atoms with van der Waals surface area (Å²) in [5.41, 5.74) is 2.79. The van der Waals surface area contributed by atoms with Crippen molar-refractivity contribution in [2.24, 2.45) is 0 Å². The number of carbonyl (C=O) groups is 1. The third-order valence-corrected chi connectivity index (χ3v) is 6.34. The lowest BCUT2D eigenvalue weighted by Crippen LogP contribution is -2.48. The van der Waals surface area contributed by atoms with E-state index in [9.17, 15) is 4.79 Å². The monoisotopic (exact) mass is 462 g/mol. The van der Waals surface area contributed by atoms with Gasteiger partial charge in [-0.25, -0.2) is 0 Å². The minimum atomic E-state index is 0.0293. The van der Waals surface area contributed by atoms with E-state index in [1.807, 2.05) is 60.4 Å². The molecule has 0 bridgehead atoms. The van der Waals surface area contributed by atoms with E-state index >= 15 is 0 Å². The summed E-state index contributed by atoms with van der Waals surface area (Å²) in [5.74, 6) is 1.93. The first kappa shape index (κ1) is 22.6. The maximum Gasteiger partial charge on any atom is 0.254 e. The summed E-state index contributed by atoms with van der Waals surface area (Å²) in [6.45, 7) is 6.76. The first-order chi connectivity index (χ1) is 16.6. The molecule has 0 saturated carbocycles. The summed E-state index contributed by atoms with van der Waals surface area (Å²) in [6, 6.07) is 15.5. The van der Waals surface area contributed by atoms with Gasteiger partial charge in [0.15, 0.2) is 0 Å². The van der Waals surface area contributed by atoms with E-state index in [-0.39, 0.29) is 12.0 Å². The number of carbonyl (C=O) groups excluding carboxylic acids is 1. The fourth-order valence-electron chi connectivity index (χ4n) is 4.31. The quantitative estimate of drug-likeness (QED) is 0.531. The molecule has 2 saturated heterocycles. The number of aromatic nitrogens is 2. The normalized spacial score (nSPS) is 18.9. The first-order valence-corrected chi connectivity index (χ1v) is 11.9. The van der Waals surface area contributed by atoms with Crippen LogP contribution in [0.1, 0.15) is 34.7 Å². The summed E-state index contributed by atoms with van der Waals surface area (Å²) in [6.07, 6.45) is 2.26. The number of hydrogen-bond acceptors (Lipinski definition) is 7. The van der Waals surface area contributed by atoms with Gasteiger partial charge in [0.2, 0.25) is 11.7 Å². The van der Waals surface area contributed by atoms with Crippen LogP contribution in [0.3, 0.4) is 0 Å². The van der Waals surface area contributed by atoms with Crippen molar-refractivity contribution in [3.63, 3.8) is 0 Å². The molecule has 1 unspecified atom stereocenters. The molecule has 2 fully saturated rings. The zero-order valence-electron chi connectivity index (χ0n) is 19.5. The average molecular weight is 463 g/mol. The van der Waals surface area contributed by atoms with Crippen molar-refractivity contribution in [3.05, 3.63) is 65.5 Å². The van der Waals surface area contributed by atoms with Gasteiger partial charge in [0, 0.05) is 43.9 Å². The Kier molecular flexibility index (Phi) is 6.87. The SMILES string of the molecule is Cc1ccc(-c2noc(CN3CCN(C(=O)c4cccc(OCC5CCCO5)c4)CC3)n2)cc1. The Labute approximate surface area is 199 Å². The zero-order valence-corrected chi connectivity index (χ0v) is 19.5. The molecule has 2 aliphatic rings. The highest BCUT2D eigenvalue weighted by atomic mass is 16.5. The van der Waals surface area contributed by atoms with E-state index in [0.717, 1.165) is 38.1 Å². The predicted octanol–water partition coefficient (Wildman–Crippen LogP) is 3.56. The van der Waals surface area contributed by atoms with E-state index in [4.69, 9.17) is 14.0 Å². The number of hydrogen-bond donors (Lipinski definition) is 0. The molecule has 8 nitrogen and oxygen atoms in total. The number of nitrogens with zero attached hydrogens (tertiary/aromatic N) is 4. The Balaban J connectivity index is 1.12. The standard InChI is InChI=1S/C26H30N4O4/c1-19-7-9-20(10-8-19)25-27-24(34-28-25)17-29-11-13-30(14-12-29)26(31)21-4-2-5-22(16-21)33-18-23-6-3-15-32-23/h2,4-5,7-10,16,23H,3,6,11-15,17-18H2,1H3. The largest absolute Gasteiger partial charge is 0.491 e. The van der Waals surface area contributed by atoms with Crippen LogP contribution >= 0.6 is 0 Å². The molecule has 2 aromatic carbocycles. The van der Waals surface area contributed by atoms with Crippen LogP contribution in [0.4, 0.5) is 0 Å². The lowest BCUT2D eigenvalue weighted by atomic mass is 10.1. The molecule has 8 heteroatoms. The fraction of sp³-hybridized carbons (Fsp3) is 0.423. The molecule has 0 aliphatic carbocycles. The van der Waals surface area contributed by atoms with Gasteiger partial charge in [0.25, 0.3) is 5.91 Å². The fourth-order valence-corrected chi connectivity index (χ4v) is 4.31. The molecule has 0 N–H and O–H groups in total. The predicted molar refractivity (Wildman–Crippen MR) is 127 cm³/mol. The van der Waals surface area contributed by atoms with E-state index in [1.54, 1.807) is 0 Å². The van der Waals surface area contributed by atoms with Gasteiger partial charge in [-0.15, -0.1) is 0 Å². The molecule has 0 spiro atoms. The number of rotatable bonds is 7. The summed E-state index contributed by atoms with van der Waals surface area (Å²) in [5, 5.41) is 4.12. The lowest BCUT2D eigenvalue weighted by Gasteiger charge is -2.34. The Bertz CT molecular complexity index is 1100. The number of aryl methyl sites for hydroxylation is 1. The molecule has 5 rings (SSSR count). The van der Waals surface area contributed by atoms with Crippen LogP contribution in [-0.4, -0.2) is 71.3 Å². The Morgan fingerprint density at radius 3 is 2.71 bits per heavy atom. The molecule has 1 aromatic heterocycles. The van der Waals surface area contributed by atoms with Crippen LogP contribution in [0.15, 0.2) is 53.1 Å². The van der Waals surface area contributed by atoms with Gasteiger partial charge in [-0.05, 0) is 38.0 Å². The summed E-state index contributed by atoms with van der Waals surface area (Å²) >= 11 is 0. The smallest absolute Gasteiger partial charge is 0.254 e. The molecule has 3 heterocycles. The molecule has 2 aliphatic heterocycles. The highest BCUT2D eigenvalue weighted by Gasteiger charge is 2.24. The number of ether oxygens (including phenoxy) is 2. The second-order valence-electron chi connectivity index (χ2n) is 8.92. The van der Waals surface area contributed by atoms with E-state index < -0.39 is 0 Å². The molecule has 178 valence electrons. The van der Waals surface area contributed by atoms with Gasteiger partial charge in [0.05, 0.1) is 12.6 Å². The topological polar surface area (TPSA) is 80.9 Å². The molecule has 3 aromatic rings. The zero-order chi connectivity index (χ0) is 23.3. The Hall–Kier alpha value is -3.23. The van der Waals surface area contributed by atoms with Gasteiger partial charge < -0.3 is 18.9 Å². The minimum absolute atomic E-state index is 0.0293.